The molecule has 1 saturated heterocycles. The van der Waals surface area contributed by atoms with Crippen LogP contribution in [0.1, 0.15) is 29.2 Å². The van der Waals surface area contributed by atoms with Gasteiger partial charge in [0.1, 0.15) is 10.5 Å². The Hall–Kier alpha value is -2.49. The summed E-state index contributed by atoms with van der Waals surface area (Å²) in [6, 6.07) is 4.97. The Balaban J connectivity index is 1.74. The average molecular weight is 614 g/mol. The molecule has 2 aromatic rings. The zero-order valence-electron chi connectivity index (χ0n) is 21.5. The molecule has 2 N–H and O–H groups in total. The molecule has 0 saturated carbocycles. The van der Waals surface area contributed by atoms with Gasteiger partial charge < -0.3 is 9.64 Å². The van der Waals surface area contributed by atoms with Gasteiger partial charge in [0, 0.05) is 18.7 Å². The van der Waals surface area contributed by atoms with Gasteiger partial charge in [0.05, 0.1) is 34.7 Å². The Labute approximate surface area is 235 Å². The number of benzene rings is 1. The Bertz CT molecular complexity index is 1630. The van der Waals surface area contributed by atoms with Gasteiger partial charge in [-0.15, -0.1) is 0 Å². The van der Waals surface area contributed by atoms with Crippen molar-refractivity contribution in [2.45, 2.75) is 31.7 Å². The normalized spacial score (nSPS) is 20.9. The van der Waals surface area contributed by atoms with E-state index in [0.717, 1.165) is 20.9 Å². The van der Waals surface area contributed by atoms with E-state index < -0.39 is 37.7 Å². The van der Waals surface area contributed by atoms with Gasteiger partial charge in [-0.3, -0.25) is 9.11 Å². The predicted octanol–water partition coefficient (Wildman–Crippen LogP) is 3.30. The summed E-state index contributed by atoms with van der Waals surface area (Å²) in [6.07, 6.45) is 9.99. The summed E-state index contributed by atoms with van der Waals surface area (Å²) in [6.45, 7) is 3.94. The lowest BCUT2D eigenvalue weighted by Crippen LogP contribution is -2.38. The maximum Gasteiger partial charge on any atom is 0.338 e. The van der Waals surface area contributed by atoms with Crippen LogP contribution < -0.4 is 4.57 Å². The number of carbonyl (C=O) groups excluding carboxylic acids is 1. The first kappa shape index (κ1) is 29.5. The molecule has 1 fully saturated rings. The third kappa shape index (κ3) is 7.38. The summed E-state index contributed by atoms with van der Waals surface area (Å²) in [7, 11) is -7.11. The Morgan fingerprint density at radius 2 is 1.90 bits per heavy atom. The number of rotatable bonds is 9. The lowest BCUT2D eigenvalue weighted by atomic mass is 10.0. The molecular formula is C25H29N2O8S4+. The molecule has 2 atom stereocenters. The van der Waals surface area contributed by atoms with Crippen molar-refractivity contribution in [3.63, 3.8) is 0 Å². The second-order valence-corrected chi connectivity index (χ2v) is 14.6. The van der Waals surface area contributed by atoms with Crippen LogP contribution in [0.15, 0.2) is 58.7 Å². The van der Waals surface area contributed by atoms with E-state index in [-0.39, 0.29) is 24.4 Å². The average Bonchev–Trinajstić information content (AvgIpc) is 3.35. The summed E-state index contributed by atoms with van der Waals surface area (Å²) in [5.41, 5.74) is 2.82. The van der Waals surface area contributed by atoms with E-state index in [1.165, 1.54) is 18.4 Å². The molecule has 0 bridgehead atoms. The largest absolute Gasteiger partial charge is 0.465 e. The number of carbonyl (C=O) groups is 1. The number of methoxy groups -OCH3 is 1. The summed E-state index contributed by atoms with van der Waals surface area (Å²) < 4.78 is 72.1. The van der Waals surface area contributed by atoms with Crippen LogP contribution in [-0.4, -0.2) is 73.3 Å². The van der Waals surface area contributed by atoms with Gasteiger partial charge in [0.15, 0.2) is 6.54 Å². The molecule has 0 spiro atoms. The summed E-state index contributed by atoms with van der Waals surface area (Å²) in [5.74, 6) is -1.43. The van der Waals surface area contributed by atoms with Crippen molar-refractivity contribution < 1.29 is 40.0 Å². The van der Waals surface area contributed by atoms with Crippen LogP contribution in [0.2, 0.25) is 0 Å². The monoisotopic (exact) mass is 613 g/mol. The number of esters is 1. The van der Waals surface area contributed by atoms with Crippen molar-refractivity contribution in [3.8, 4) is 0 Å². The van der Waals surface area contributed by atoms with Gasteiger partial charge in [-0.25, -0.2) is 4.79 Å². The van der Waals surface area contributed by atoms with E-state index in [2.05, 4.69) is 12.2 Å². The number of aryl methyl sites for hydroxylation is 1. The molecule has 1 aliphatic heterocycles. The summed E-state index contributed by atoms with van der Waals surface area (Å²) >= 11 is 2.99. The SMILES string of the molecule is COC(=O)c1ccc2sc(C=C(C)C=C3SC4C=CC(C)=CC4N3CCS(=O)(=O)O)[n+](CCS(=O)(=O)O)c2c1. The number of aromatic nitrogens is 1. The minimum Gasteiger partial charge on any atom is -0.465 e. The third-order valence-electron chi connectivity index (χ3n) is 6.24. The lowest BCUT2D eigenvalue weighted by Gasteiger charge is -2.27. The van der Waals surface area contributed by atoms with E-state index >= 15 is 0 Å². The molecule has 2 heterocycles. The van der Waals surface area contributed by atoms with Gasteiger partial charge in [-0.2, -0.15) is 21.4 Å². The zero-order chi connectivity index (χ0) is 28.5. The quantitative estimate of drug-likeness (QED) is 0.246. The van der Waals surface area contributed by atoms with Crippen molar-refractivity contribution in [2.24, 2.45) is 0 Å². The third-order valence-corrected chi connectivity index (χ3v) is 10.0. The van der Waals surface area contributed by atoms with Gasteiger partial charge in [-0.05, 0) is 37.6 Å². The lowest BCUT2D eigenvalue weighted by molar-refractivity contribution is -0.664. The Kier molecular flexibility index (Phi) is 8.73. The maximum absolute atomic E-state index is 12.1. The highest BCUT2D eigenvalue weighted by molar-refractivity contribution is 8.04. The van der Waals surface area contributed by atoms with E-state index in [0.29, 0.717) is 16.1 Å². The minimum absolute atomic E-state index is 0.0343. The van der Waals surface area contributed by atoms with Crippen LogP contribution >= 0.6 is 23.1 Å². The highest BCUT2D eigenvalue weighted by Gasteiger charge is 2.37. The number of fused-ring (bicyclic) bond motifs is 2. The summed E-state index contributed by atoms with van der Waals surface area (Å²) in [4.78, 5) is 14.0. The fourth-order valence-electron chi connectivity index (χ4n) is 4.42. The number of hydrogen-bond donors (Lipinski definition) is 2. The van der Waals surface area contributed by atoms with Crippen LogP contribution in [0.25, 0.3) is 16.3 Å². The van der Waals surface area contributed by atoms with Gasteiger partial charge in [0.25, 0.3) is 25.2 Å². The van der Waals surface area contributed by atoms with Gasteiger partial charge >= 0.3 is 5.97 Å². The van der Waals surface area contributed by atoms with Crippen LogP contribution in [-0.2, 0) is 31.5 Å². The molecule has 1 aromatic heterocycles. The molecule has 0 radical (unpaired) electrons. The van der Waals surface area contributed by atoms with Crippen molar-refractivity contribution in [1.29, 1.82) is 0 Å². The first-order valence-corrected chi connectivity index (χ1v) is 16.8. The van der Waals surface area contributed by atoms with Crippen LogP contribution in [0, 0.1) is 0 Å². The van der Waals surface area contributed by atoms with Crippen LogP contribution in [0.5, 0.6) is 0 Å². The number of allylic oxidation sites excluding steroid dienone is 4. The second-order valence-electron chi connectivity index (χ2n) is 9.25. The Morgan fingerprint density at radius 3 is 2.56 bits per heavy atom. The van der Waals surface area contributed by atoms with Crippen molar-refractivity contribution in [2.75, 3.05) is 25.2 Å². The number of thioether (sulfide) groups is 1. The van der Waals surface area contributed by atoms with Crippen molar-refractivity contribution >= 4 is 65.6 Å². The number of hydrogen-bond acceptors (Lipinski definition) is 9. The highest BCUT2D eigenvalue weighted by atomic mass is 32.2. The van der Waals surface area contributed by atoms with Gasteiger partial charge in [-0.1, -0.05) is 46.9 Å². The summed E-state index contributed by atoms with van der Waals surface area (Å²) in [5, 5.41) is 1.64. The molecule has 0 amide bonds. The second kappa shape index (κ2) is 11.6. The van der Waals surface area contributed by atoms with E-state index in [1.54, 1.807) is 34.5 Å². The fraction of sp³-hybridized carbons (Fsp3) is 0.360. The van der Waals surface area contributed by atoms with E-state index in [9.17, 15) is 30.7 Å². The van der Waals surface area contributed by atoms with Crippen LogP contribution in [0.4, 0.5) is 0 Å². The molecular weight excluding hydrogens is 585 g/mol. The topological polar surface area (TPSA) is 142 Å². The molecule has 2 unspecified atom stereocenters. The zero-order valence-corrected chi connectivity index (χ0v) is 24.7. The van der Waals surface area contributed by atoms with E-state index in [4.69, 9.17) is 4.74 Å². The molecule has 1 aromatic carbocycles. The van der Waals surface area contributed by atoms with Crippen LogP contribution in [0.3, 0.4) is 0 Å². The molecule has 10 nitrogen and oxygen atoms in total. The van der Waals surface area contributed by atoms with Crippen molar-refractivity contribution in [1.82, 2.24) is 4.90 Å². The van der Waals surface area contributed by atoms with Crippen molar-refractivity contribution in [3.05, 3.63) is 69.2 Å². The van der Waals surface area contributed by atoms with Gasteiger partial charge in [0.2, 0.25) is 5.52 Å². The highest BCUT2D eigenvalue weighted by Crippen LogP contribution is 2.43. The first-order chi connectivity index (χ1) is 18.2. The minimum atomic E-state index is -4.24. The first-order valence-electron chi connectivity index (χ1n) is 11.9. The standard InChI is InChI=1S/C25H28N2O8S4/c1-16-4-6-21-19(12-16)26(8-10-38(29,30)31)23(36-21)13-17(2)14-24-27(9-11-39(32,33)34)20-15-18(25(28)35-3)5-7-22(20)37-24/h4-7,12-15,19,21H,8-11H2,1-3H3,(H-,29,30,31,32,33,34)/p+1. The number of ether oxygens (including phenoxy) is 1. The smallest absolute Gasteiger partial charge is 0.338 e. The molecule has 14 heteroatoms. The Morgan fingerprint density at radius 1 is 1.18 bits per heavy atom. The fourth-order valence-corrected chi connectivity index (χ4v) is 7.85. The molecule has 4 rings (SSSR count). The molecule has 1 aliphatic carbocycles. The number of thiazole rings is 1. The molecule has 2 aliphatic rings. The maximum atomic E-state index is 12.1. The molecule has 210 valence electrons. The number of nitrogens with zero attached hydrogens (tertiary/aromatic N) is 2. The molecule has 39 heavy (non-hydrogen) atoms. The predicted molar refractivity (Wildman–Crippen MR) is 153 cm³/mol. The van der Waals surface area contributed by atoms with E-state index in [1.807, 2.05) is 37.0 Å².